The summed E-state index contributed by atoms with van der Waals surface area (Å²) in [5, 5.41) is 16.5. The number of hydrogen-bond acceptors (Lipinski definition) is 9. The van der Waals surface area contributed by atoms with Crippen molar-refractivity contribution in [3.05, 3.63) is 77.1 Å². The van der Waals surface area contributed by atoms with Crippen LogP contribution in [0.1, 0.15) is 42.0 Å². The van der Waals surface area contributed by atoms with Crippen LogP contribution in [0.3, 0.4) is 0 Å². The standard InChI is InChI=1S/C30H23N3O6S2/c1-15-25(32-29(36)38-16(2)19-4-3-5-20-26(19)31-14-37-20)27(39-33-15)18-8-6-17(7-9-18)21-12-22-23(40-21)13-24(41-22)30(10-11-30)28(34)35/h3-9,12-14,16H,10-11H2,1-2H3,(H,32,36)(H,34,35)/t16-/m1/s1. The first-order valence-electron chi connectivity index (χ1n) is 13.0. The summed E-state index contributed by atoms with van der Waals surface area (Å²) in [6, 6.07) is 17.4. The lowest BCUT2D eigenvalue weighted by Gasteiger charge is -2.14. The molecule has 9 nitrogen and oxygen atoms in total. The Morgan fingerprint density at radius 2 is 1.83 bits per heavy atom. The van der Waals surface area contributed by atoms with Crippen LogP contribution < -0.4 is 5.32 Å². The zero-order valence-corrected chi connectivity index (χ0v) is 23.6. The van der Waals surface area contributed by atoms with Crippen LogP contribution in [-0.4, -0.2) is 27.3 Å². The van der Waals surface area contributed by atoms with Crippen LogP contribution in [0.25, 0.3) is 42.3 Å². The number of rotatable bonds is 7. The van der Waals surface area contributed by atoms with Gasteiger partial charge in [-0.15, -0.1) is 22.7 Å². The van der Waals surface area contributed by atoms with Crippen LogP contribution in [0.5, 0.6) is 0 Å². The molecule has 1 aliphatic carbocycles. The summed E-state index contributed by atoms with van der Waals surface area (Å²) in [5.74, 6) is -0.303. The molecule has 0 aliphatic heterocycles. The van der Waals surface area contributed by atoms with E-state index in [-0.39, 0.29) is 0 Å². The van der Waals surface area contributed by atoms with Gasteiger partial charge >= 0.3 is 12.1 Å². The van der Waals surface area contributed by atoms with Gasteiger partial charge in [-0.3, -0.25) is 10.1 Å². The molecule has 1 fully saturated rings. The maximum absolute atomic E-state index is 12.9. The monoisotopic (exact) mass is 585 g/mol. The number of carbonyl (C=O) groups is 2. The fraction of sp³-hybridized carbons (Fsp3) is 0.200. The number of carbonyl (C=O) groups excluding carboxylic acids is 1. The number of para-hydroxylation sites is 1. The highest BCUT2D eigenvalue weighted by Crippen LogP contribution is 2.53. The molecule has 0 bridgehead atoms. The number of ether oxygens (including phenoxy) is 1. The van der Waals surface area contributed by atoms with E-state index < -0.39 is 23.6 Å². The van der Waals surface area contributed by atoms with Crippen molar-refractivity contribution in [2.45, 2.75) is 38.2 Å². The Kier molecular flexibility index (Phi) is 5.95. The molecule has 4 aromatic heterocycles. The molecule has 7 rings (SSSR count). The predicted molar refractivity (Wildman–Crippen MR) is 156 cm³/mol. The molecule has 41 heavy (non-hydrogen) atoms. The van der Waals surface area contributed by atoms with Gasteiger partial charge in [-0.1, -0.05) is 41.6 Å². The second-order valence-corrected chi connectivity index (χ2v) is 12.3. The number of carboxylic acids is 1. The smallest absolute Gasteiger partial charge is 0.412 e. The fourth-order valence-corrected chi connectivity index (χ4v) is 7.64. The Bertz CT molecular complexity index is 1910. The summed E-state index contributed by atoms with van der Waals surface area (Å²) in [6.45, 7) is 3.52. The van der Waals surface area contributed by atoms with E-state index in [1.165, 1.54) is 6.39 Å². The second-order valence-electron chi connectivity index (χ2n) is 10.1. The highest BCUT2D eigenvalue weighted by Gasteiger charge is 2.53. The van der Waals surface area contributed by atoms with Crippen LogP contribution >= 0.6 is 22.7 Å². The molecule has 206 valence electrons. The molecule has 0 radical (unpaired) electrons. The minimum atomic E-state index is -0.731. The van der Waals surface area contributed by atoms with Crippen molar-refractivity contribution >= 4 is 60.9 Å². The van der Waals surface area contributed by atoms with E-state index in [2.05, 4.69) is 21.5 Å². The summed E-state index contributed by atoms with van der Waals surface area (Å²) in [4.78, 5) is 30.8. The fourth-order valence-electron chi connectivity index (χ4n) is 5.00. The molecule has 1 amide bonds. The maximum atomic E-state index is 12.9. The molecule has 1 aliphatic rings. The summed E-state index contributed by atoms with van der Waals surface area (Å²) < 4.78 is 18.8. The van der Waals surface area contributed by atoms with E-state index in [1.807, 2.05) is 42.5 Å². The average Bonchev–Trinajstić information content (AvgIpc) is 3.26. The molecule has 2 N–H and O–H groups in total. The number of hydrogen-bond donors (Lipinski definition) is 2. The quantitative estimate of drug-likeness (QED) is 0.192. The molecule has 0 unspecified atom stereocenters. The molecule has 4 heterocycles. The number of anilines is 1. The summed E-state index contributed by atoms with van der Waals surface area (Å²) >= 11 is 3.22. The van der Waals surface area contributed by atoms with Crippen molar-refractivity contribution in [3.63, 3.8) is 0 Å². The van der Waals surface area contributed by atoms with E-state index in [0.29, 0.717) is 41.1 Å². The molecule has 1 saturated carbocycles. The number of oxazole rings is 1. The van der Waals surface area contributed by atoms with Gasteiger partial charge in [0.05, 0.1) is 0 Å². The van der Waals surface area contributed by atoms with Crippen molar-refractivity contribution in [3.8, 4) is 21.8 Å². The Hall–Kier alpha value is -4.48. The van der Waals surface area contributed by atoms with Crippen molar-refractivity contribution in [2.24, 2.45) is 0 Å². The van der Waals surface area contributed by atoms with Gasteiger partial charge in [0.25, 0.3) is 0 Å². The van der Waals surface area contributed by atoms with Crippen LogP contribution in [0.4, 0.5) is 10.5 Å². The number of fused-ring (bicyclic) bond motifs is 2. The Morgan fingerprint density at radius 1 is 1.07 bits per heavy atom. The first-order chi connectivity index (χ1) is 19.8. The molecule has 0 spiro atoms. The van der Waals surface area contributed by atoms with Gasteiger partial charge in [-0.25, -0.2) is 9.78 Å². The number of amides is 1. The largest absolute Gasteiger partial charge is 0.481 e. The summed E-state index contributed by atoms with van der Waals surface area (Å²) in [7, 11) is 0. The molecular weight excluding hydrogens is 562 g/mol. The van der Waals surface area contributed by atoms with Crippen LogP contribution in [0.2, 0.25) is 0 Å². The summed E-state index contributed by atoms with van der Waals surface area (Å²) in [5.41, 5.74) is 4.07. The van der Waals surface area contributed by atoms with Gasteiger partial charge in [0.15, 0.2) is 17.7 Å². The second kappa shape index (κ2) is 9.57. The minimum Gasteiger partial charge on any atom is -0.481 e. The topological polar surface area (TPSA) is 128 Å². The summed E-state index contributed by atoms with van der Waals surface area (Å²) in [6.07, 6.45) is 1.57. The first kappa shape index (κ1) is 25.5. The van der Waals surface area contributed by atoms with Crippen molar-refractivity contribution < 1.29 is 28.4 Å². The molecular formula is C30H23N3O6S2. The van der Waals surface area contributed by atoms with Crippen molar-refractivity contribution in [1.82, 2.24) is 10.1 Å². The third kappa shape index (κ3) is 4.37. The SMILES string of the molecule is Cc1noc(-c2ccc(-c3cc4sc(C5(C(=O)O)CC5)cc4s3)cc2)c1NC(=O)O[C@H](C)c1cccc2ocnc12. The van der Waals surface area contributed by atoms with Crippen molar-refractivity contribution in [2.75, 3.05) is 5.32 Å². The average molecular weight is 586 g/mol. The van der Waals surface area contributed by atoms with E-state index in [9.17, 15) is 14.7 Å². The van der Waals surface area contributed by atoms with Gasteiger partial charge in [0.1, 0.15) is 28.4 Å². The zero-order valence-electron chi connectivity index (χ0n) is 22.0. The Labute approximate surface area is 241 Å². The Morgan fingerprint density at radius 3 is 2.56 bits per heavy atom. The number of thiophene rings is 2. The van der Waals surface area contributed by atoms with Gasteiger partial charge in [-0.2, -0.15) is 0 Å². The number of nitrogens with zero attached hydrogens (tertiary/aromatic N) is 2. The lowest BCUT2D eigenvalue weighted by Crippen LogP contribution is -2.17. The van der Waals surface area contributed by atoms with Gasteiger partial charge in [-0.05, 0) is 50.5 Å². The van der Waals surface area contributed by atoms with Crippen molar-refractivity contribution in [1.29, 1.82) is 0 Å². The number of nitrogens with one attached hydrogen (secondary N) is 1. The number of aliphatic carboxylic acids is 1. The maximum Gasteiger partial charge on any atom is 0.412 e. The third-order valence-electron chi connectivity index (χ3n) is 7.47. The van der Waals surface area contributed by atoms with Gasteiger partial charge in [0.2, 0.25) is 0 Å². The molecule has 2 aromatic carbocycles. The number of aromatic nitrogens is 2. The number of carboxylic acid groups (broad SMARTS) is 1. The van der Waals surface area contributed by atoms with Crippen LogP contribution in [0.15, 0.2) is 69.9 Å². The van der Waals surface area contributed by atoms with Gasteiger partial charge in [0, 0.05) is 30.3 Å². The predicted octanol–water partition coefficient (Wildman–Crippen LogP) is 8.16. The molecule has 6 aromatic rings. The van der Waals surface area contributed by atoms with E-state index >= 15 is 0 Å². The molecule has 0 saturated heterocycles. The van der Waals surface area contributed by atoms with Gasteiger partial charge < -0.3 is 18.8 Å². The molecule has 1 atom stereocenters. The van der Waals surface area contributed by atoms with E-state index in [1.54, 1.807) is 42.6 Å². The zero-order chi connectivity index (χ0) is 28.3. The van der Waals surface area contributed by atoms with E-state index in [4.69, 9.17) is 13.7 Å². The lowest BCUT2D eigenvalue weighted by molar-refractivity contribution is -0.139. The normalized spacial score (nSPS) is 14.8. The number of benzene rings is 2. The highest BCUT2D eigenvalue weighted by molar-refractivity contribution is 7.29. The highest BCUT2D eigenvalue weighted by atomic mass is 32.1. The number of aryl methyl sites for hydroxylation is 1. The lowest BCUT2D eigenvalue weighted by atomic mass is 10.1. The third-order valence-corrected chi connectivity index (χ3v) is 10.0. The first-order valence-corrected chi connectivity index (χ1v) is 14.6. The molecule has 11 heteroatoms. The minimum absolute atomic E-state index is 0.428. The van der Waals surface area contributed by atoms with E-state index in [0.717, 1.165) is 35.8 Å². The Balaban J connectivity index is 1.08. The van der Waals surface area contributed by atoms with Crippen LogP contribution in [-0.2, 0) is 14.9 Å². The van der Waals surface area contributed by atoms with Crippen LogP contribution in [0, 0.1) is 6.92 Å².